The van der Waals surface area contributed by atoms with Crippen LogP contribution in [0.1, 0.15) is 35.5 Å². The summed E-state index contributed by atoms with van der Waals surface area (Å²) >= 11 is 0. The SMILES string of the molecule is CC(C)C(=NCc1ccc(OC(F)(F)F)c(F)c1)c1cc(C(N)=O)ccn1. The van der Waals surface area contributed by atoms with Gasteiger partial charge < -0.3 is 10.5 Å². The van der Waals surface area contributed by atoms with Crippen molar-refractivity contribution in [3.63, 3.8) is 0 Å². The van der Waals surface area contributed by atoms with Crippen molar-refractivity contribution in [3.05, 3.63) is 59.2 Å². The van der Waals surface area contributed by atoms with E-state index in [0.717, 1.165) is 12.1 Å². The highest BCUT2D eigenvalue weighted by atomic mass is 19.4. The summed E-state index contributed by atoms with van der Waals surface area (Å²) in [5.74, 6) is -2.72. The van der Waals surface area contributed by atoms with E-state index in [4.69, 9.17) is 5.73 Å². The summed E-state index contributed by atoms with van der Waals surface area (Å²) in [7, 11) is 0. The van der Waals surface area contributed by atoms with Crippen molar-refractivity contribution in [2.75, 3.05) is 0 Å². The van der Waals surface area contributed by atoms with Gasteiger partial charge in [0.2, 0.25) is 5.91 Å². The topological polar surface area (TPSA) is 77.6 Å². The third-order valence-corrected chi connectivity index (χ3v) is 3.51. The molecule has 1 aromatic heterocycles. The van der Waals surface area contributed by atoms with Gasteiger partial charge in [-0.1, -0.05) is 19.9 Å². The highest BCUT2D eigenvalue weighted by Crippen LogP contribution is 2.26. The van der Waals surface area contributed by atoms with Crippen LogP contribution in [0.15, 0.2) is 41.5 Å². The maximum atomic E-state index is 13.8. The molecule has 0 radical (unpaired) electrons. The van der Waals surface area contributed by atoms with Crippen LogP contribution in [0.25, 0.3) is 0 Å². The molecule has 0 aliphatic carbocycles. The first kappa shape index (κ1) is 20.3. The molecule has 2 rings (SSSR count). The predicted octanol–water partition coefficient (Wildman–Crippen LogP) is 3.86. The van der Waals surface area contributed by atoms with E-state index in [1.165, 1.54) is 24.4 Å². The first-order chi connectivity index (χ1) is 12.6. The number of pyridine rings is 1. The number of primary amides is 1. The monoisotopic (exact) mass is 383 g/mol. The number of rotatable bonds is 6. The van der Waals surface area contributed by atoms with E-state index in [1.54, 1.807) is 0 Å². The number of nitrogens with zero attached hydrogens (tertiary/aromatic N) is 2. The Morgan fingerprint density at radius 2 is 1.96 bits per heavy atom. The summed E-state index contributed by atoms with van der Waals surface area (Å²) < 4.78 is 54.0. The van der Waals surface area contributed by atoms with Gasteiger partial charge in [-0.3, -0.25) is 14.8 Å². The Kier molecular flexibility index (Phi) is 6.14. The maximum absolute atomic E-state index is 13.8. The van der Waals surface area contributed by atoms with Crippen molar-refractivity contribution < 1.29 is 27.1 Å². The molecule has 0 saturated heterocycles. The molecule has 144 valence electrons. The van der Waals surface area contributed by atoms with Crippen LogP contribution in [0.2, 0.25) is 0 Å². The van der Waals surface area contributed by atoms with Crippen molar-refractivity contribution in [2.45, 2.75) is 26.8 Å². The lowest BCUT2D eigenvalue weighted by Gasteiger charge is -2.12. The van der Waals surface area contributed by atoms with Crippen LogP contribution < -0.4 is 10.5 Å². The van der Waals surface area contributed by atoms with Gasteiger partial charge in [0, 0.05) is 11.8 Å². The summed E-state index contributed by atoms with van der Waals surface area (Å²) in [6.45, 7) is 3.73. The first-order valence-electron chi connectivity index (χ1n) is 7.91. The van der Waals surface area contributed by atoms with E-state index in [0.29, 0.717) is 17.0 Å². The average molecular weight is 383 g/mol. The number of halogens is 4. The van der Waals surface area contributed by atoms with Crippen molar-refractivity contribution in [2.24, 2.45) is 16.6 Å². The zero-order valence-corrected chi connectivity index (χ0v) is 14.5. The first-order valence-corrected chi connectivity index (χ1v) is 7.91. The number of amides is 1. The Bertz CT molecular complexity index is 864. The lowest BCUT2D eigenvalue weighted by atomic mass is 10.0. The number of alkyl halides is 3. The van der Waals surface area contributed by atoms with Gasteiger partial charge in [-0.2, -0.15) is 0 Å². The second-order valence-electron chi connectivity index (χ2n) is 5.96. The molecule has 0 bridgehead atoms. The summed E-state index contributed by atoms with van der Waals surface area (Å²) in [4.78, 5) is 19.9. The van der Waals surface area contributed by atoms with E-state index < -0.39 is 23.8 Å². The molecule has 1 aromatic carbocycles. The van der Waals surface area contributed by atoms with Gasteiger partial charge in [0.15, 0.2) is 11.6 Å². The number of ether oxygens (including phenoxy) is 1. The Hall–Kier alpha value is -2.97. The molecule has 0 aliphatic heterocycles. The van der Waals surface area contributed by atoms with E-state index in [2.05, 4.69) is 14.7 Å². The zero-order valence-electron chi connectivity index (χ0n) is 14.5. The number of carbonyl (C=O) groups excluding carboxylic acids is 1. The smallest absolute Gasteiger partial charge is 0.403 e. The summed E-state index contributed by atoms with van der Waals surface area (Å²) in [5.41, 5.74) is 6.88. The van der Waals surface area contributed by atoms with E-state index >= 15 is 0 Å². The molecule has 27 heavy (non-hydrogen) atoms. The van der Waals surface area contributed by atoms with Crippen LogP contribution in [0.4, 0.5) is 17.6 Å². The van der Waals surface area contributed by atoms with Gasteiger partial charge in [0.25, 0.3) is 0 Å². The average Bonchev–Trinajstić information content (AvgIpc) is 2.56. The summed E-state index contributed by atoms with van der Waals surface area (Å²) in [5, 5.41) is 0. The van der Waals surface area contributed by atoms with Gasteiger partial charge in [-0.15, -0.1) is 13.2 Å². The number of benzene rings is 1. The molecule has 2 N–H and O–H groups in total. The standard InChI is InChI=1S/C18H17F4N3O2/c1-10(2)16(14-8-12(17(23)26)5-6-24-14)25-9-11-3-4-15(13(19)7-11)27-18(20,21)22/h3-8,10H,9H2,1-2H3,(H2,23,26). The molecule has 1 amide bonds. The van der Waals surface area contributed by atoms with E-state index in [1.807, 2.05) is 13.8 Å². The normalized spacial score (nSPS) is 12.3. The molecule has 0 unspecified atom stereocenters. The fourth-order valence-corrected chi connectivity index (χ4v) is 2.31. The summed E-state index contributed by atoms with van der Waals surface area (Å²) in [6.07, 6.45) is -3.54. The third-order valence-electron chi connectivity index (χ3n) is 3.51. The number of hydrogen-bond donors (Lipinski definition) is 1. The van der Waals surface area contributed by atoms with Gasteiger partial charge in [0.05, 0.1) is 18.0 Å². The molecule has 0 saturated carbocycles. The minimum atomic E-state index is -4.97. The van der Waals surface area contributed by atoms with Crippen LogP contribution in [-0.4, -0.2) is 23.0 Å². The Morgan fingerprint density at radius 3 is 2.52 bits per heavy atom. The fourth-order valence-electron chi connectivity index (χ4n) is 2.31. The molecule has 0 atom stereocenters. The number of aromatic nitrogens is 1. The largest absolute Gasteiger partial charge is 0.573 e. The lowest BCUT2D eigenvalue weighted by Crippen LogP contribution is -2.18. The molecular formula is C18H17F4N3O2. The van der Waals surface area contributed by atoms with Crippen molar-refractivity contribution in [1.82, 2.24) is 4.98 Å². The highest BCUT2D eigenvalue weighted by Gasteiger charge is 2.32. The molecule has 5 nitrogen and oxygen atoms in total. The Balaban J connectivity index is 2.26. The van der Waals surface area contributed by atoms with Gasteiger partial charge in [-0.25, -0.2) is 4.39 Å². The molecule has 1 heterocycles. The lowest BCUT2D eigenvalue weighted by molar-refractivity contribution is -0.275. The number of hydrogen-bond acceptors (Lipinski definition) is 4. The zero-order chi connectivity index (χ0) is 20.2. The number of carbonyl (C=O) groups is 1. The van der Waals surface area contributed by atoms with Crippen molar-refractivity contribution >= 4 is 11.6 Å². The minimum absolute atomic E-state index is 0.0131. The van der Waals surface area contributed by atoms with Crippen LogP contribution in [0.3, 0.4) is 0 Å². The van der Waals surface area contributed by atoms with Crippen molar-refractivity contribution in [3.8, 4) is 5.75 Å². The van der Waals surface area contributed by atoms with Crippen LogP contribution in [0, 0.1) is 11.7 Å². The molecule has 0 aliphatic rings. The molecule has 0 fully saturated rings. The van der Waals surface area contributed by atoms with Crippen molar-refractivity contribution in [1.29, 1.82) is 0 Å². The quantitative estimate of drug-likeness (QED) is 0.608. The molecular weight excluding hydrogens is 366 g/mol. The second kappa shape index (κ2) is 8.15. The van der Waals surface area contributed by atoms with Gasteiger partial charge >= 0.3 is 6.36 Å². The minimum Gasteiger partial charge on any atom is -0.403 e. The van der Waals surface area contributed by atoms with E-state index in [-0.39, 0.29) is 18.0 Å². The van der Waals surface area contributed by atoms with Gasteiger partial charge in [0.1, 0.15) is 0 Å². The maximum Gasteiger partial charge on any atom is 0.573 e. The number of aliphatic imine (C=N–C) groups is 1. The fraction of sp³-hybridized carbons (Fsp3) is 0.278. The third kappa shape index (κ3) is 5.77. The Morgan fingerprint density at radius 1 is 1.26 bits per heavy atom. The molecule has 9 heteroatoms. The van der Waals surface area contributed by atoms with Crippen LogP contribution in [-0.2, 0) is 6.54 Å². The number of nitrogens with two attached hydrogens (primary N) is 1. The summed E-state index contributed by atoms with van der Waals surface area (Å²) in [6, 6.07) is 6.09. The van der Waals surface area contributed by atoms with Crippen LogP contribution in [0.5, 0.6) is 5.75 Å². The molecule has 2 aromatic rings. The molecule has 0 spiro atoms. The van der Waals surface area contributed by atoms with E-state index in [9.17, 15) is 22.4 Å². The van der Waals surface area contributed by atoms with Gasteiger partial charge in [-0.05, 0) is 35.7 Å². The Labute approximate surface area is 152 Å². The predicted molar refractivity (Wildman–Crippen MR) is 90.9 cm³/mol. The van der Waals surface area contributed by atoms with Crippen LogP contribution >= 0.6 is 0 Å². The highest BCUT2D eigenvalue weighted by molar-refractivity contribution is 6.02. The second-order valence-corrected chi connectivity index (χ2v) is 5.96.